The number of carbonyl (C=O) groups excluding carboxylic acids is 1. The lowest BCUT2D eigenvalue weighted by Crippen LogP contribution is -2.51. The van der Waals surface area contributed by atoms with Crippen LogP contribution in [0.3, 0.4) is 0 Å². The van der Waals surface area contributed by atoms with Crippen LogP contribution < -0.4 is 29.7 Å². The minimum atomic E-state index is -0.999. The smallest absolute Gasteiger partial charge is 0.237 e. The highest BCUT2D eigenvalue weighted by molar-refractivity contribution is 5.84. The molecule has 1 aliphatic carbocycles. The minimum absolute atomic E-state index is 0.0719. The first-order valence-corrected chi connectivity index (χ1v) is 12.9. The Morgan fingerprint density at radius 3 is 2.35 bits per heavy atom. The Bertz CT molecular complexity index is 1290. The van der Waals surface area contributed by atoms with Gasteiger partial charge in [-0.1, -0.05) is 6.07 Å². The van der Waals surface area contributed by atoms with Crippen LogP contribution in [0.25, 0.3) is 11.1 Å². The lowest BCUT2D eigenvalue weighted by molar-refractivity contribution is -0.268. The maximum atomic E-state index is 13.3. The van der Waals surface area contributed by atoms with E-state index in [0.717, 1.165) is 11.1 Å². The molecule has 3 N–H and O–H groups in total. The van der Waals surface area contributed by atoms with Crippen LogP contribution >= 0.6 is 0 Å². The highest BCUT2D eigenvalue weighted by atomic mass is 16.7. The average molecular weight is 561 g/mol. The maximum absolute atomic E-state index is 13.3. The fourth-order valence-electron chi connectivity index (χ4n) is 5.24. The summed E-state index contributed by atoms with van der Waals surface area (Å²) < 4.78 is 27.8. The van der Waals surface area contributed by atoms with E-state index in [1.807, 2.05) is 6.07 Å². The van der Waals surface area contributed by atoms with Crippen molar-refractivity contribution in [3.63, 3.8) is 0 Å². The molecule has 12 heteroatoms. The van der Waals surface area contributed by atoms with Crippen LogP contribution in [0.4, 0.5) is 0 Å². The number of aliphatic hydroxyl groups is 2. The molecule has 2 aromatic carbocycles. The molecule has 4 rings (SSSR count). The normalized spacial score (nSPS) is 22.0. The molecule has 12 nitrogen and oxygen atoms in total. The van der Waals surface area contributed by atoms with Crippen molar-refractivity contribution in [2.24, 2.45) is 0 Å². The SMILES string of the molecule is COc1cc2c(c(OC)c1OC)-c1ccc(OC)c(=O)cc1[C@@H](NC(=O)CN(OC)C1C[C@@H](O)[C@@H](O)CO1)CC2. The monoisotopic (exact) mass is 560 g/mol. The van der Waals surface area contributed by atoms with E-state index >= 15 is 0 Å². The minimum Gasteiger partial charge on any atom is -0.493 e. The molecule has 218 valence electrons. The van der Waals surface area contributed by atoms with E-state index in [1.165, 1.54) is 39.6 Å². The van der Waals surface area contributed by atoms with Gasteiger partial charge in [0.05, 0.1) is 54.3 Å². The zero-order valence-electron chi connectivity index (χ0n) is 23.3. The van der Waals surface area contributed by atoms with E-state index in [2.05, 4.69) is 5.32 Å². The molecule has 4 atom stereocenters. The third kappa shape index (κ3) is 5.86. The standard InChI is InChI=1S/C28H36N2O10/c1-35-22-9-7-16-17(11-20(22)32)18(8-6-15-10-23(36-2)27(37-3)28(38-4)26(15)16)29-24(34)13-30(39-5)25-12-19(31)21(33)14-40-25/h7,9-11,18-19,21,25,31,33H,6,8,12-14H2,1-5H3,(H,29,34)/t18-,19+,21-,25?/m0/s1. The summed E-state index contributed by atoms with van der Waals surface area (Å²) in [5, 5.41) is 24.1. The first kappa shape index (κ1) is 29.6. The third-order valence-corrected chi connectivity index (χ3v) is 7.26. The van der Waals surface area contributed by atoms with E-state index in [-0.39, 0.29) is 36.7 Å². The van der Waals surface area contributed by atoms with E-state index in [1.54, 1.807) is 19.2 Å². The van der Waals surface area contributed by atoms with Crippen molar-refractivity contribution in [3.8, 4) is 34.1 Å². The Hall–Kier alpha value is -3.42. The molecule has 40 heavy (non-hydrogen) atoms. The average Bonchev–Trinajstić information content (AvgIpc) is 3.20. The number of aliphatic hydroxyl groups excluding tert-OH is 2. The zero-order chi connectivity index (χ0) is 29.0. The number of benzene rings is 1. The Labute approximate surface area is 232 Å². The number of amides is 1. The number of hydrogen-bond donors (Lipinski definition) is 3. The number of hydroxylamine groups is 2. The molecule has 0 aromatic heterocycles. The van der Waals surface area contributed by atoms with Gasteiger partial charge in [0.15, 0.2) is 17.2 Å². The summed E-state index contributed by atoms with van der Waals surface area (Å²) in [4.78, 5) is 31.7. The second-order valence-electron chi connectivity index (χ2n) is 9.53. The van der Waals surface area contributed by atoms with Crippen molar-refractivity contribution < 1.29 is 43.5 Å². The fourth-order valence-corrected chi connectivity index (χ4v) is 5.24. The van der Waals surface area contributed by atoms with Gasteiger partial charge in [-0.2, -0.15) is 5.06 Å². The summed E-state index contributed by atoms with van der Waals surface area (Å²) in [5.74, 6) is 1.12. The number of nitrogens with one attached hydrogen (secondary N) is 1. The largest absolute Gasteiger partial charge is 0.493 e. The van der Waals surface area contributed by atoms with Gasteiger partial charge < -0.3 is 39.2 Å². The molecular weight excluding hydrogens is 524 g/mol. The van der Waals surface area contributed by atoms with Gasteiger partial charge >= 0.3 is 0 Å². The number of nitrogens with zero attached hydrogens (tertiary/aromatic N) is 1. The topological polar surface area (TPSA) is 145 Å². The molecule has 2 aliphatic rings. The quantitative estimate of drug-likeness (QED) is 0.380. The molecule has 2 aromatic rings. The fraction of sp³-hybridized carbons (Fsp3) is 0.500. The van der Waals surface area contributed by atoms with Crippen molar-refractivity contribution >= 4 is 5.91 Å². The number of methoxy groups -OCH3 is 4. The van der Waals surface area contributed by atoms with Gasteiger partial charge in [0.25, 0.3) is 0 Å². The third-order valence-electron chi connectivity index (χ3n) is 7.26. The highest BCUT2D eigenvalue weighted by Gasteiger charge is 2.34. The molecular formula is C28H36N2O10. The molecule has 0 spiro atoms. The molecule has 1 fully saturated rings. The maximum Gasteiger partial charge on any atom is 0.237 e. The molecule has 1 aliphatic heterocycles. The predicted molar refractivity (Wildman–Crippen MR) is 144 cm³/mol. The molecule has 1 heterocycles. The molecule has 1 unspecified atom stereocenters. The van der Waals surface area contributed by atoms with Gasteiger partial charge in [-0.15, -0.1) is 0 Å². The molecule has 1 amide bonds. The summed E-state index contributed by atoms with van der Waals surface area (Å²) >= 11 is 0. The number of carbonyl (C=O) groups is 1. The Morgan fingerprint density at radius 1 is 1.00 bits per heavy atom. The van der Waals surface area contributed by atoms with Crippen LogP contribution in [-0.4, -0.2) is 88.3 Å². The lowest BCUT2D eigenvalue weighted by Gasteiger charge is -2.36. The number of hydrogen-bond acceptors (Lipinski definition) is 11. The van der Waals surface area contributed by atoms with E-state index in [9.17, 15) is 19.8 Å². The summed E-state index contributed by atoms with van der Waals surface area (Å²) in [7, 11) is 7.42. The van der Waals surface area contributed by atoms with E-state index in [0.29, 0.717) is 41.2 Å². The number of ether oxygens (including phenoxy) is 5. The van der Waals surface area contributed by atoms with Gasteiger partial charge in [-0.25, -0.2) is 0 Å². The van der Waals surface area contributed by atoms with Gasteiger partial charge in [0, 0.05) is 12.0 Å². The molecule has 0 radical (unpaired) electrons. The summed E-state index contributed by atoms with van der Waals surface area (Å²) in [6, 6.07) is 6.16. The van der Waals surface area contributed by atoms with Crippen LogP contribution in [-0.2, 0) is 20.8 Å². The van der Waals surface area contributed by atoms with Crippen molar-refractivity contribution in [2.45, 2.75) is 43.7 Å². The second-order valence-corrected chi connectivity index (χ2v) is 9.53. The summed E-state index contributed by atoms with van der Waals surface area (Å²) in [6.07, 6.45) is -1.65. The van der Waals surface area contributed by atoms with Crippen molar-refractivity contribution in [3.05, 3.63) is 45.6 Å². The first-order chi connectivity index (χ1) is 19.3. The van der Waals surface area contributed by atoms with Gasteiger partial charge in [-0.3, -0.25) is 14.4 Å². The van der Waals surface area contributed by atoms with Gasteiger partial charge in [0.2, 0.25) is 17.1 Å². The Morgan fingerprint density at radius 2 is 1.73 bits per heavy atom. The summed E-state index contributed by atoms with van der Waals surface area (Å²) in [5.41, 5.74) is 2.54. The molecule has 0 saturated carbocycles. The predicted octanol–water partition coefficient (Wildman–Crippen LogP) is 1.18. The van der Waals surface area contributed by atoms with Crippen molar-refractivity contribution in [1.82, 2.24) is 10.4 Å². The number of fused-ring (bicyclic) bond motifs is 3. The zero-order valence-corrected chi connectivity index (χ0v) is 23.3. The van der Waals surface area contributed by atoms with E-state index < -0.39 is 24.5 Å². The van der Waals surface area contributed by atoms with Crippen LogP contribution in [0.15, 0.2) is 29.1 Å². The Kier molecular flexibility index (Phi) is 9.48. The second kappa shape index (κ2) is 12.8. The first-order valence-electron chi connectivity index (χ1n) is 12.9. The molecule has 0 bridgehead atoms. The van der Waals surface area contributed by atoms with Crippen LogP contribution in [0, 0.1) is 0 Å². The van der Waals surface area contributed by atoms with Crippen LogP contribution in [0.1, 0.15) is 30.0 Å². The van der Waals surface area contributed by atoms with Crippen LogP contribution in [0.2, 0.25) is 0 Å². The number of aryl methyl sites for hydroxylation is 1. The lowest BCUT2D eigenvalue weighted by atomic mass is 9.95. The number of rotatable bonds is 9. The van der Waals surface area contributed by atoms with Crippen molar-refractivity contribution in [2.75, 3.05) is 48.7 Å². The highest BCUT2D eigenvalue weighted by Crippen LogP contribution is 2.50. The van der Waals surface area contributed by atoms with Gasteiger partial charge in [0.1, 0.15) is 18.9 Å². The van der Waals surface area contributed by atoms with Crippen molar-refractivity contribution in [1.29, 1.82) is 0 Å². The summed E-state index contributed by atoms with van der Waals surface area (Å²) in [6.45, 7) is -0.290. The van der Waals surface area contributed by atoms with E-state index in [4.69, 9.17) is 28.5 Å². The van der Waals surface area contributed by atoms with Gasteiger partial charge in [-0.05, 0) is 47.7 Å². The Balaban J connectivity index is 1.73. The van der Waals surface area contributed by atoms with Crippen LogP contribution in [0.5, 0.6) is 23.0 Å². The molecule has 1 saturated heterocycles.